The summed E-state index contributed by atoms with van der Waals surface area (Å²) in [5.41, 5.74) is 4.82. The third-order valence-electron chi connectivity index (χ3n) is 5.98. The molecule has 2 amide bonds. The molecule has 0 fully saturated rings. The van der Waals surface area contributed by atoms with Crippen LogP contribution in [0.3, 0.4) is 0 Å². The molecule has 1 aliphatic rings. The number of urea groups is 1. The van der Waals surface area contributed by atoms with Gasteiger partial charge in [-0.15, -0.1) is 0 Å². The average molecular weight is 425 g/mol. The Balaban J connectivity index is 1.64. The van der Waals surface area contributed by atoms with E-state index >= 15 is 0 Å². The summed E-state index contributed by atoms with van der Waals surface area (Å²) in [5, 5.41) is 7.19. The second-order valence-corrected chi connectivity index (χ2v) is 9.51. The van der Waals surface area contributed by atoms with Crippen LogP contribution in [0.25, 0.3) is 10.2 Å². The van der Waals surface area contributed by atoms with Crippen LogP contribution in [-0.4, -0.2) is 15.6 Å². The molecule has 1 aromatic carbocycles. The zero-order valence-corrected chi connectivity index (χ0v) is 19.0. The Hall–Kier alpha value is -2.67. The van der Waals surface area contributed by atoms with Crippen molar-refractivity contribution in [1.82, 2.24) is 9.55 Å². The van der Waals surface area contributed by atoms with E-state index < -0.39 is 0 Å². The Kier molecular flexibility index (Phi) is 5.40. The predicted molar refractivity (Wildman–Crippen MR) is 124 cm³/mol. The van der Waals surface area contributed by atoms with Crippen molar-refractivity contribution in [3.63, 3.8) is 0 Å². The molecule has 4 rings (SSSR count). The highest BCUT2D eigenvalue weighted by molar-refractivity contribution is 7.22. The van der Waals surface area contributed by atoms with Crippen LogP contribution < -0.4 is 16.2 Å². The maximum Gasteiger partial charge on any atom is 0.324 e. The zero-order chi connectivity index (χ0) is 21.6. The van der Waals surface area contributed by atoms with Gasteiger partial charge in [0.15, 0.2) is 0 Å². The number of nitrogens with zero attached hydrogens (tertiary/aromatic N) is 2. The number of rotatable bonds is 2. The Bertz CT molecular complexity index is 1190. The minimum atomic E-state index is -0.310. The Labute approximate surface area is 180 Å². The van der Waals surface area contributed by atoms with Gasteiger partial charge in [-0.1, -0.05) is 36.0 Å². The van der Waals surface area contributed by atoms with Gasteiger partial charge >= 0.3 is 6.03 Å². The molecule has 158 valence electrons. The Morgan fingerprint density at radius 1 is 1.13 bits per heavy atom. The first kappa shape index (κ1) is 20.6. The lowest BCUT2D eigenvalue weighted by molar-refractivity contribution is 0.262. The molecule has 1 aliphatic heterocycles. The molecule has 0 bridgehead atoms. The first-order chi connectivity index (χ1) is 14.2. The number of aryl methyl sites for hydroxylation is 5. The molecule has 3 aromatic rings. The molecule has 3 heterocycles. The lowest BCUT2D eigenvalue weighted by Crippen LogP contribution is -2.24. The predicted octanol–water partition coefficient (Wildman–Crippen LogP) is 5.31. The van der Waals surface area contributed by atoms with Crippen LogP contribution in [0.1, 0.15) is 47.8 Å². The fraction of sp³-hybridized carbons (Fsp3) is 0.435. The molecule has 0 saturated carbocycles. The summed E-state index contributed by atoms with van der Waals surface area (Å²) in [6.45, 7) is 10.8. The maximum absolute atomic E-state index is 13.2. The second-order valence-electron chi connectivity index (χ2n) is 8.51. The topological polar surface area (TPSA) is 76.0 Å². The molecule has 0 radical (unpaired) electrons. The summed E-state index contributed by atoms with van der Waals surface area (Å²) in [6.07, 6.45) is 2.86. The van der Waals surface area contributed by atoms with Crippen LogP contribution in [0.4, 0.5) is 15.5 Å². The molecule has 2 aromatic heterocycles. The minimum absolute atomic E-state index is 0.0107. The first-order valence-electron chi connectivity index (χ1n) is 10.4. The highest BCUT2D eigenvalue weighted by atomic mass is 32.1. The van der Waals surface area contributed by atoms with Gasteiger partial charge in [0.05, 0.1) is 5.39 Å². The zero-order valence-electron chi connectivity index (χ0n) is 18.2. The van der Waals surface area contributed by atoms with Crippen molar-refractivity contribution < 1.29 is 4.79 Å². The van der Waals surface area contributed by atoms with Gasteiger partial charge in [-0.3, -0.25) is 14.7 Å². The molecule has 1 atom stereocenters. The molecular weight excluding hydrogens is 396 g/mol. The average Bonchev–Trinajstić information content (AvgIpc) is 2.84. The number of anilines is 2. The van der Waals surface area contributed by atoms with Gasteiger partial charge in [-0.25, -0.2) is 9.78 Å². The van der Waals surface area contributed by atoms with Crippen molar-refractivity contribution in [2.24, 2.45) is 5.92 Å². The van der Waals surface area contributed by atoms with Gasteiger partial charge in [0.2, 0.25) is 0 Å². The largest absolute Gasteiger partial charge is 0.324 e. The van der Waals surface area contributed by atoms with Crippen LogP contribution >= 0.6 is 11.3 Å². The van der Waals surface area contributed by atoms with Gasteiger partial charge in [0.1, 0.15) is 15.7 Å². The molecular formula is C23H28N4O2S. The van der Waals surface area contributed by atoms with E-state index in [4.69, 9.17) is 4.98 Å². The van der Waals surface area contributed by atoms with E-state index in [1.807, 2.05) is 44.4 Å². The van der Waals surface area contributed by atoms with Crippen LogP contribution in [0.5, 0.6) is 0 Å². The van der Waals surface area contributed by atoms with E-state index in [-0.39, 0.29) is 11.6 Å². The number of aromatic nitrogens is 2. The van der Waals surface area contributed by atoms with Crippen molar-refractivity contribution in [2.45, 2.75) is 60.4 Å². The van der Waals surface area contributed by atoms with Gasteiger partial charge < -0.3 is 5.32 Å². The van der Waals surface area contributed by atoms with Gasteiger partial charge in [0, 0.05) is 18.7 Å². The number of hydrogen-bond acceptors (Lipinski definition) is 4. The summed E-state index contributed by atoms with van der Waals surface area (Å²) >= 11 is 1.37. The maximum atomic E-state index is 13.2. The smallest absolute Gasteiger partial charge is 0.307 e. The molecule has 2 N–H and O–H groups in total. The number of carbonyl (C=O) groups excluding carboxylic acids is 1. The van der Waals surface area contributed by atoms with Crippen molar-refractivity contribution in [3.8, 4) is 0 Å². The molecule has 7 heteroatoms. The number of fused-ring (bicyclic) bond motifs is 2. The number of nitrogens with one attached hydrogen (secondary N) is 2. The first-order valence-corrected chi connectivity index (χ1v) is 11.2. The monoisotopic (exact) mass is 424 g/mol. The van der Waals surface area contributed by atoms with Crippen molar-refractivity contribution in [3.05, 3.63) is 50.6 Å². The highest BCUT2D eigenvalue weighted by Crippen LogP contribution is 2.33. The number of hydrogen-bond donors (Lipinski definition) is 2. The fourth-order valence-corrected chi connectivity index (χ4v) is 5.38. The van der Waals surface area contributed by atoms with E-state index in [1.165, 1.54) is 11.3 Å². The SMILES string of the molecule is Cc1cc(C)c(NC(=O)Nc2sc3nc4n(c(=O)c3c2C)CC[C@H](C)CC4)c(C)c1. The second kappa shape index (κ2) is 7.87. The quantitative estimate of drug-likeness (QED) is 0.585. The molecule has 0 spiro atoms. The lowest BCUT2D eigenvalue weighted by Gasteiger charge is -2.13. The Morgan fingerprint density at radius 2 is 1.83 bits per heavy atom. The van der Waals surface area contributed by atoms with E-state index in [9.17, 15) is 9.59 Å². The minimum Gasteiger partial charge on any atom is -0.307 e. The van der Waals surface area contributed by atoms with E-state index in [0.29, 0.717) is 27.7 Å². The van der Waals surface area contributed by atoms with Crippen molar-refractivity contribution in [2.75, 3.05) is 10.6 Å². The summed E-state index contributed by atoms with van der Waals surface area (Å²) in [5.74, 6) is 1.46. The fourth-order valence-electron chi connectivity index (χ4n) is 4.29. The number of carbonyl (C=O) groups is 1. The van der Waals surface area contributed by atoms with Crippen LogP contribution in [-0.2, 0) is 13.0 Å². The number of amides is 2. The molecule has 0 aliphatic carbocycles. The van der Waals surface area contributed by atoms with E-state index in [0.717, 1.165) is 53.0 Å². The lowest BCUT2D eigenvalue weighted by atomic mass is 10.0. The molecule has 0 saturated heterocycles. The van der Waals surface area contributed by atoms with Crippen LogP contribution in [0.2, 0.25) is 0 Å². The summed E-state index contributed by atoms with van der Waals surface area (Å²) < 4.78 is 1.83. The van der Waals surface area contributed by atoms with Crippen LogP contribution in [0.15, 0.2) is 16.9 Å². The Morgan fingerprint density at radius 3 is 2.53 bits per heavy atom. The third kappa shape index (κ3) is 3.74. The van der Waals surface area contributed by atoms with Crippen molar-refractivity contribution in [1.29, 1.82) is 0 Å². The highest BCUT2D eigenvalue weighted by Gasteiger charge is 2.21. The standard InChI is InChI=1S/C23H28N4O2S/c1-12-6-7-17-24-21-18(22(28)27(17)9-8-12)16(5)20(30-21)26-23(29)25-19-14(3)10-13(2)11-15(19)4/h10-12H,6-9H2,1-5H3,(H2,25,26,29)/t12-/m1/s1. The molecule has 0 unspecified atom stereocenters. The van der Waals surface area contributed by atoms with Crippen LogP contribution in [0, 0.1) is 33.6 Å². The normalized spacial score (nSPS) is 16.2. The van der Waals surface area contributed by atoms with Crippen molar-refractivity contribution >= 4 is 38.3 Å². The number of thiophene rings is 1. The number of benzene rings is 1. The third-order valence-corrected chi connectivity index (χ3v) is 7.08. The van der Waals surface area contributed by atoms with Gasteiger partial charge in [0.25, 0.3) is 5.56 Å². The summed E-state index contributed by atoms with van der Waals surface area (Å²) in [4.78, 5) is 31.4. The van der Waals surface area contributed by atoms with Gasteiger partial charge in [-0.2, -0.15) is 0 Å². The summed E-state index contributed by atoms with van der Waals surface area (Å²) in [7, 11) is 0. The molecule has 6 nitrogen and oxygen atoms in total. The van der Waals surface area contributed by atoms with Gasteiger partial charge in [-0.05, 0) is 63.1 Å². The summed E-state index contributed by atoms with van der Waals surface area (Å²) in [6, 6.07) is 3.79. The molecule has 30 heavy (non-hydrogen) atoms. The van der Waals surface area contributed by atoms with E-state index in [2.05, 4.69) is 17.6 Å². The van der Waals surface area contributed by atoms with E-state index in [1.54, 1.807) is 0 Å².